The summed E-state index contributed by atoms with van der Waals surface area (Å²) in [6, 6.07) is 8.34. The standard InChI is InChI=1S/C17H9F5N2O3/c18-11-12(19)14(21)16(15(22)13(11)20)24-10(25)6-27-17(26)9-5-7-3-1-2-4-8(7)23-9/h1-5,23H,6H2,(H,24,25). The molecule has 10 heteroatoms. The van der Waals surface area contributed by atoms with E-state index in [9.17, 15) is 31.5 Å². The molecule has 2 aromatic carbocycles. The van der Waals surface area contributed by atoms with Crippen molar-refractivity contribution in [1.29, 1.82) is 0 Å². The quantitative estimate of drug-likeness (QED) is 0.312. The zero-order valence-electron chi connectivity index (χ0n) is 13.2. The smallest absolute Gasteiger partial charge is 0.355 e. The van der Waals surface area contributed by atoms with Crippen molar-refractivity contribution in [2.24, 2.45) is 0 Å². The average Bonchev–Trinajstić information content (AvgIpc) is 3.10. The summed E-state index contributed by atoms with van der Waals surface area (Å²) in [4.78, 5) is 26.3. The van der Waals surface area contributed by atoms with E-state index in [0.29, 0.717) is 10.9 Å². The molecule has 2 N–H and O–H groups in total. The van der Waals surface area contributed by atoms with Gasteiger partial charge >= 0.3 is 5.97 Å². The van der Waals surface area contributed by atoms with Gasteiger partial charge in [-0.3, -0.25) is 4.79 Å². The van der Waals surface area contributed by atoms with Crippen LogP contribution in [0.5, 0.6) is 0 Å². The maximum Gasteiger partial charge on any atom is 0.355 e. The number of H-pyrrole nitrogens is 1. The zero-order valence-corrected chi connectivity index (χ0v) is 13.2. The van der Waals surface area contributed by atoms with Gasteiger partial charge in [-0.25, -0.2) is 26.7 Å². The summed E-state index contributed by atoms with van der Waals surface area (Å²) in [5.41, 5.74) is -0.881. The average molecular weight is 384 g/mol. The van der Waals surface area contributed by atoms with E-state index < -0.39 is 53.3 Å². The number of rotatable bonds is 4. The number of amides is 1. The molecule has 1 aromatic heterocycles. The van der Waals surface area contributed by atoms with Crippen molar-refractivity contribution < 1.29 is 36.3 Å². The van der Waals surface area contributed by atoms with Gasteiger partial charge in [0.2, 0.25) is 5.82 Å². The Balaban J connectivity index is 1.69. The van der Waals surface area contributed by atoms with Crippen molar-refractivity contribution >= 4 is 28.5 Å². The normalized spacial score (nSPS) is 10.9. The van der Waals surface area contributed by atoms with Crippen LogP contribution in [0.15, 0.2) is 30.3 Å². The molecular weight excluding hydrogens is 375 g/mol. The molecular formula is C17H9F5N2O3. The number of aromatic nitrogens is 1. The topological polar surface area (TPSA) is 71.2 Å². The molecule has 3 aromatic rings. The van der Waals surface area contributed by atoms with Gasteiger partial charge in [-0.15, -0.1) is 0 Å². The summed E-state index contributed by atoms with van der Waals surface area (Å²) in [6.07, 6.45) is 0. The summed E-state index contributed by atoms with van der Waals surface area (Å²) in [5, 5.41) is 2.20. The first-order valence-electron chi connectivity index (χ1n) is 7.35. The van der Waals surface area contributed by atoms with Gasteiger partial charge in [0.1, 0.15) is 11.4 Å². The van der Waals surface area contributed by atoms with E-state index in [1.54, 1.807) is 24.3 Å². The molecule has 0 aliphatic rings. The van der Waals surface area contributed by atoms with E-state index in [1.807, 2.05) is 0 Å². The molecule has 0 spiro atoms. The van der Waals surface area contributed by atoms with Gasteiger partial charge in [0.05, 0.1) is 0 Å². The molecule has 27 heavy (non-hydrogen) atoms. The Kier molecular flexibility index (Phi) is 4.80. The Morgan fingerprint density at radius 1 is 0.926 bits per heavy atom. The molecule has 0 saturated carbocycles. The second-order valence-corrected chi connectivity index (χ2v) is 5.34. The van der Waals surface area contributed by atoms with Crippen molar-refractivity contribution in [3.63, 3.8) is 0 Å². The third kappa shape index (κ3) is 3.46. The lowest BCUT2D eigenvalue weighted by molar-refractivity contribution is -0.119. The van der Waals surface area contributed by atoms with Crippen LogP contribution in [0.3, 0.4) is 0 Å². The Bertz CT molecular complexity index is 1000. The fraction of sp³-hybridized carbons (Fsp3) is 0.0588. The second kappa shape index (κ2) is 7.06. The highest BCUT2D eigenvalue weighted by molar-refractivity contribution is 5.97. The minimum absolute atomic E-state index is 0.0141. The summed E-state index contributed by atoms with van der Waals surface area (Å²) in [6.45, 7) is -1.01. The molecule has 5 nitrogen and oxygen atoms in total. The number of fused-ring (bicyclic) bond motifs is 1. The maximum absolute atomic E-state index is 13.5. The number of esters is 1. The summed E-state index contributed by atoms with van der Waals surface area (Å²) in [5.74, 6) is -13.4. The van der Waals surface area contributed by atoms with Crippen LogP contribution in [-0.4, -0.2) is 23.5 Å². The molecule has 0 saturated heterocycles. The number of hydrogen-bond donors (Lipinski definition) is 2. The Morgan fingerprint density at radius 3 is 2.15 bits per heavy atom. The van der Waals surface area contributed by atoms with Crippen molar-refractivity contribution in [1.82, 2.24) is 4.98 Å². The molecule has 1 heterocycles. The van der Waals surface area contributed by atoms with Gasteiger partial charge in [-0.2, -0.15) is 0 Å². The van der Waals surface area contributed by atoms with Crippen LogP contribution in [0.1, 0.15) is 10.5 Å². The molecule has 0 radical (unpaired) electrons. The van der Waals surface area contributed by atoms with E-state index in [-0.39, 0.29) is 5.69 Å². The van der Waals surface area contributed by atoms with Gasteiger partial charge in [0, 0.05) is 10.9 Å². The second-order valence-electron chi connectivity index (χ2n) is 5.34. The Morgan fingerprint density at radius 2 is 1.52 bits per heavy atom. The fourth-order valence-electron chi connectivity index (χ4n) is 2.28. The van der Waals surface area contributed by atoms with Gasteiger partial charge < -0.3 is 15.0 Å². The van der Waals surface area contributed by atoms with Gasteiger partial charge in [-0.1, -0.05) is 18.2 Å². The molecule has 0 atom stereocenters. The van der Waals surface area contributed by atoms with E-state index in [4.69, 9.17) is 0 Å². The number of aromatic amines is 1. The number of ether oxygens (including phenoxy) is 1. The molecule has 0 fully saturated rings. The number of halogens is 5. The molecule has 0 bridgehead atoms. The highest BCUT2D eigenvalue weighted by atomic mass is 19.2. The Labute approximate surface area is 147 Å². The first-order valence-corrected chi connectivity index (χ1v) is 7.35. The lowest BCUT2D eigenvalue weighted by atomic mass is 10.2. The first-order chi connectivity index (χ1) is 12.8. The number of carbonyl (C=O) groups excluding carboxylic acids is 2. The van der Waals surface area contributed by atoms with Gasteiger partial charge in [-0.05, 0) is 12.1 Å². The number of benzene rings is 2. The largest absolute Gasteiger partial charge is 0.451 e. The van der Waals surface area contributed by atoms with Crippen LogP contribution in [0, 0.1) is 29.1 Å². The number of para-hydroxylation sites is 1. The van der Waals surface area contributed by atoms with E-state index in [0.717, 1.165) is 0 Å². The molecule has 3 rings (SSSR count). The molecule has 0 aliphatic heterocycles. The van der Waals surface area contributed by atoms with Crippen molar-refractivity contribution in [3.05, 3.63) is 65.1 Å². The van der Waals surface area contributed by atoms with Crippen molar-refractivity contribution in [2.45, 2.75) is 0 Å². The highest BCUT2D eigenvalue weighted by Gasteiger charge is 2.27. The van der Waals surface area contributed by atoms with Gasteiger partial charge in [0.15, 0.2) is 29.9 Å². The van der Waals surface area contributed by atoms with Crippen LogP contribution in [-0.2, 0) is 9.53 Å². The van der Waals surface area contributed by atoms with Crippen LogP contribution < -0.4 is 5.32 Å². The maximum atomic E-state index is 13.5. The van der Waals surface area contributed by atoms with Crippen LogP contribution >= 0.6 is 0 Å². The van der Waals surface area contributed by atoms with E-state index in [1.165, 1.54) is 11.4 Å². The fourth-order valence-corrected chi connectivity index (χ4v) is 2.28. The highest BCUT2D eigenvalue weighted by Crippen LogP contribution is 2.27. The molecule has 0 unspecified atom stereocenters. The zero-order chi connectivity index (χ0) is 19.7. The molecule has 1 amide bonds. The van der Waals surface area contributed by atoms with Crippen LogP contribution in [0.25, 0.3) is 10.9 Å². The molecule has 0 aliphatic carbocycles. The van der Waals surface area contributed by atoms with E-state index in [2.05, 4.69) is 9.72 Å². The number of anilines is 1. The third-order valence-corrected chi connectivity index (χ3v) is 3.56. The third-order valence-electron chi connectivity index (χ3n) is 3.56. The number of carbonyl (C=O) groups is 2. The summed E-state index contributed by atoms with van der Waals surface area (Å²) < 4.78 is 70.8. The Hall–Kier alpha value is -3.43. The predicted octanol–water partition coefficient (Wildman–Crippen LogP) is 3.66. The first kappa shape index (κ1) is 18.4. The van der Waals surface area contributed by atoms with Crippen LogP contribution in [0.2, 0.25) is 0 Å². The van der Waals surface area contributed by atoms with E-state index >= 15 is 0 Å². The lowest BCUT2D eigenvalue weighted by Gasteiger charge is -2.10. The SMILES string of the molecule is O=C(COC(=O)c1cc2ccccc2[nH]1)Nc1c(F)c(F)c(F)c(F)c1F. The summed E-state index contributed by atoms with van der Waals surface area (Å²) in [7, 11) is 0. The molecule has 140 valence electrons. The summed E-state index contributed by atoms with van der Waals surface area (Å²) >= 11 is 0. The monoisotopic (exact) mass is 384 g/mol. The predicted molar refractivity (Wildman–Crippen MR) is 83.4 cm³/mol. The van der Waals surface area contributed by atoms with Crippen molar-refractivity contribution in [2.75, 3.05) is 11.9 Å². The van der Waals surface area contributed by atoms with Gasteiger partial charge in [0.25, 0.3) is 5.91 Å². The minimum Gasteiger partial charge on any atom is -0.451 e. The number of nitrogens with one attached hydrogen (secondary N) is 2. The van der Waals surface area contributed by atoms with Crippen molar-refractivity contribution in [3.8, 4) is 0 Å². The van der Waals surface area contributed by atoms with Crippen LogP contribution in [0.4, 0.5) is 27.6 Å². The number of hydrogen-bond acceptors (Lipinski definition) is 3. The lowest BCUT2D eigenvalue weighted by Crippen LogP contribution is -2.23. The minimum atomic E-state index is -2.35.